The van der Waals surface area contributed by atoms with Gasteiger partial charge in [0.25, 0.3) is 0 Å². The molecule has 0 aromatic heterocycles. The lowest BCUT2D eigenvalue weighted by Gasteiger charge is -2.55. The molecule has 3 N–H and O–H groups in total. The predicted molar refractivity (Wildman–Crippen MR) is 89.1 cm³/mol. The van der Waals surface area contributed by atoms with Crippen molar-refractivity contribution in [1.82, 2.24) is 10.2 Å². The van der Waals surface area contributed by atoms with Crippen LogP contribution in [0.5, 0.6) is 0 Å². The summed E-state index contributed by atoms with van der Waals surface area (Å²) in [6.07, 6.45) is 6.06. The molecule has 7 nitrogen and oxygen atoms in total. The Hall–Kier alpha value is -1.63. The van der Waals surface area contributed by atoms with E-state index in [1.165, 1.54) is 19.3 Å². The van der Waals surface area contributed by atoms with E-state index in [-0.39, 0.29) is 30.3 Å². The number of morpholine rings is 1. The Labute approximate surface area is 147 Å². The molecular formula is C18H27N3O4. The second-order valence-corrected chi connectivity index (χ2v) is 8.48. The highest BCUT2D eigenvalue weighted by molar-refractivity contribution is 5.88. The third kappa shape index (κ3) is 3.14. The van der Waals surface area contributed by atoms with Crippen LogP contribution in [-0.4, -0.2) is 55.0 Å². The lowest BCUT2D eigenvalue weighted by Crippen LogP contribution is -2.56. The number of hydrogen-bond acceptors (Lipinski definition) is 4. The molecule has 0 radical (unpaired) electrons. The van der Waals surface area contributed by atoms with E-state index in [1.807, 2.05) is 0 Å². The molecule has 1 saturated heterocycles. The monoisotopic (exact) mass is 349 g/mol. The summed E-state index contributed by atoms with van der Waals surface area (Å²) in [4.78, 5) is 38.1. The number of hydrogen-bond donors (Lipinski definition) is 2. The van der Waals surface area contributed by atoms with E-state index in [2.05, 4.69) is 5.32 Å². The van der Waals surface area contributed by atoms with Gasteiger partial charge in [0, 0.05) is 12.0 Å². The van der Waals surface area contributed by atoms with E-state index >= 15 is 0 Å². The molecule has 0 aromatic carbocycles. The van der Waals surface area contributed by atoms with Crippen LogP contribution in [0.2, 0.25) is 0 Å². The third-order valence-corrected chi connectivity index (χ3v) is 6.66. The summed E-state index contributed by atoms with van der Waals surface area (Å²) in [5, 5.41) is 2.89. The minimum atomic E-state index is -0.753. The Morgan fingerprint density at radius 1 is 1.08 bits per heavy atom. The number of rotatable bonds is 4. The van der Waals surface area contributed by atoms with Crippen molar-refractivity contribution in [2.24, 2.45) is 28.9 Å². The van der Waals surface area contributed by atoms with Crippen molar-refractivity contribution in [3.8, 4) is 0 Å². The fourth-order valence-corrected chi connectivity index (χ4v) is 5.89. The number of carbonyl (C=O) groups is 3. The van der Waals surface area contributed by atoms with Crippen molar-refractivity contribution in [2.45, 2.75) is 44.6 Å². The standard InChI is InChI=1S/C18H27N3O4/c19-16(23)14-10-21(1-2-25-14)15(22)9-20-17(24)18-6-11-3-12(7-18)5-13(4-11)8-18/h11-14H,1-10H2,(H2,19,23)(H,20,24)/t11?,12?,13?,14-,18?/m1/s1. The Morgan fingerprint density at radius 2 is 1.68 bits per heavy atom. The van der Waals surface area contributed by atoms with Gasteiger partial charge in [-0.1, -0.05) is 0 Å². The van der Waals surface area contributed by atoms with Crippen LogP contribution < -0.4 is 11.1 Å². The molecule has 4 saturated carbocycles. The lowest BCUT2D eigenvalue weighted by atomic mass is 9.49. The van der Waals surface area contributed by atoms with Crippen LogP contribution in [0.4, 0.5) is 0 Å². The minimum absolute atomic E-state index is 0.00787. The predicted octanol–water partition coefficient (Wildman–Crippen LogP) is 0.0317. The van der Waals surface area contributed by atoms with Gasteiger partial charge in [-0.05, 0) is 56.3 Å². The van der Waals surface area contributed by atoms with E-state index in [4.69, 9.17) is 10.5 Å². The van der Waals surface area contributed by atoms with Gasteiger partial charge in [0.2, 0.25) is 17.7 Å². The van der Waals surface area contributed by atoms with E-state index in [1.54, 1.807) is 4.90 Å². The largest absolute Gasteiger partial charge is 0.367 e. The Morgan fingerprint density at radius 3 is 2.24 bits per heavy atom. The summed E-state index contributed by atoms with van der Waals surface area (Å²) in [5.74, 6) is 1.41. The quantitative estimate of drug-likeness (QED) is 0.748. The number of nitrogens with two attached hydrogens (primary N) is 1. The van der Waals surface area contributed by atoms with E-state index in [0.29, 0.717) is 30.9 Å². The summed E-state index contributed by atoms with van der Waals surface area (Å²) in [7, 11) is 0. The molecule has 4 bridgehead atoms. The summed E-state index contributed by atoms with van der Waals surface area (Å²) < 4.78 is 5.25. The Bertz CT molecular complexity index is 556. The van der Waals surface area contributed by atoms with Crippen molar-refractivity contribution >= 4 is 17.7 Å². The number of nitrogens with zero attached hydrogens (tertiary/aromatic N) is 1. The summed E-state index contributed by atoms with van der Waals surface area (Å²) in [6.45, 7) is 0.881. The Balaban J connectivity index is 1.33. The lowest BCUT2D eigenvalue weighted by molar-refractivity contribution is -0.150. The highest BCUT2D eigenvalue weighted by Crippen LogP contribution is 2.60. The highest BCUT2D eigenvalue weighted by atomic mass is 16.5. The zero-order valence-electron chi connectivity index (χ0n) is 14.5. The average Bonchev–Trinajstić information content (AvgIpc) is 2.58. The maximum Gasteiger partial charge on any atom is 0.248 e. The first-order valence-electron chi connectivity index (χ1n) is 9.42. The zero-order chi connectivity index (χ0) is 17.6. The molecule has 25 heavy (non-hydrogen) atoms. The van der Waals surface area contributed by atoms with Crippen molar-refractivity contribution in [2.75, 3.05) is 26.2 Å². The molecule has 0 unspecified atom stereocenters. The van der Waals surface area contributed by atoms with Gasteiger partial charge in [-0.25, -0.2) is 0 Å². The fraction of sp³-hybridized carbons (Fsp3) is 0.833. The first-order chi connectivity index (χ1) is 11.9. The molecule has 138 valence electrons. The van der Waals surface area contributed by atoms with Gasteiger partial charge in [-0.2, -0.15) is 0 Å². The number of nitrogens with one attached hydrogen (secondary N) is 1. The second-order valence-electron chi connectivity index (χ2n) is 8.48. The van der Waals surface area contributed by atoms with E-state index in [0.717, 1.165) is 19.3 Å². The molecule has 5 rings (SSSR count). The van der Waals surface area contributed by atoms with E-state index < -0.39 is 12.0 Å². The number of carbonyl (C=O) groups excluding carboxylic acids is 3. The highest BCUT2D eigenvalue weighted by Gasteiger charge is 2.54. The number of ether oxygens (including phenoxy) is 1. The van der Waals surface area contributed by atoms with Crippen molar-refractivity contribution in [3.63, 3.8) is 0 Å². The van der Waals surface area contributed by atoms with Crippen LogP contribution in [0.25, 0.3) is 0 Å². The van der Waals surface area contributed by atoms with Crippen molar-refractivity contribution < 1.29 is 19.1 Å². The maximum absolute atomic E-state index is 12.9. The molecule has 1 atom stereocenters. The van der Waals surface area contributed by atoms with E-state index in [9.17, 15) is 14.4 Å². The Kier molecular flexibility index (Phi) is 4.22. The number of primary amides is 1. The molecular weight excluding hydrogens is 322 g/mol. The summed E-state index contributed by atoms with van der Waals surface area (Å²) in [5.41, 5.74) is 5.01. The third-order valence-electron chi connectivity index (χ3n) is 6.66. The fourth-order valence-electron chi connectivity index (χ4n) is 5.89. The molecule has 1 heterocycles. The molecule has 7 heteroatoms. The van der Waals surface area contributed by atoms with Gasteiger partial charge >= 0.3 is 0 Å². The van der Waals surface area contributed by atoms with Crippen LogP contribution in [0.1, 0.15) is 38.5 Å². The van der Waals surface area contributed by atoms with Gasteiger partial charge in [0.1, 0.15) is 0 Å². The molecule has 0 spiro atoms. The first-order valence-corrected chi connectivity index (χ1v) is 9.42. The van der Waals surface area contributed by atoms with Gasteiger partial charge in [0.05, 0.1) is 19.7 Å². The van der Waals surface area contributed by atoms with Crippen LogP contribution >= 0.6 is 0 Å². The van der Waals surface area contributed by atoms with Gasteiger partial charge in [0.15, 0.2) is 6.10 Å². The number of amides is 3. The average molecular weight is 349 g/mol. The smallest absolute Gasteiger partial charge is 0.248 e. The molecule has 1 aliphatic heterocycles. The van der Waals surface area contributed by atoms with Gasteiger partial charge in [-0.15, -0.1) is 0 Å². The topological polar surface area (TPSA) is 102 Å². The van der Waals surface area contributed by atoms with Crippen LogP contribution in [0.3, 0.4) is 0 Å². The zero-order valence-corrected chi connectivity index (χ0v) is 14.5. The van der Waals surface area contributed by atoms with Crippen molar-refractivity contribution in [1.29, 1.82) is 0 Å². The summed E-state index contributed by atoms with van der Waals surface area (Å²) in [6, 6.07) is 0. The summed E-state index contributed by atoms with van der Waals surface area (Å²) >= 11 is 0. The van der Waals surface area contributed by atoms with Crippen molar-refractivity contribution in [3.05, 3.63) is 0 Å². The van der Waals surface area contributed by atoms with Crippen LogP contribution in [0, 0.1) is 23.2 Å². The SMILES string of the molecule is NC(=O)[C@H]1CN(C(=O)CNC(=O)C23CC4CC(CC(C4)C2)C3)CCO1. The van der Waals surface area contributed by atoms with Crippen LogP contribution in [0.15, 0.2) is 0 Å². The first kappa shape index (κ1) is 16.8. The van der Waals surface area contributed by atoms with Gasteiger partial charge < -0.3 is 20.7 Å². The maximum atomic E-state index is 12.9. The van der Waals surface area contributed by atoms with Gasteiger partial charge in [-0.3, -0.25) is 14.4 Å². The normalized spacial score (nSPS) is 39.3. The molecule has 5 aliphatic rings. The molecule has 4 aliphatic carbocycles. The molecule has 0 aromatic rings. The van der Waals surface area contributed by atoms with Crippen LogP contribution in [-0.2, 0) is 19.1 Å². The minimum Gasteiger partial charge on any atom is -0.367 e. The molecule has 3 amide bonds. The molecule has 5 fully saturated rings. The second kappa shape index (κ2) is 6.27.